The zero-order valence-electron chi connectivity index (χ0n) is 13.0. The molecule has 0 saturated heterocycles. The quantitative estimate of drug-likeness (QED) is 0.744. The number of hydrogen-bond donors (Lipinski definition) is 1. The first-order valence-electron chi connectivity index (χ1n) is 7.32. The molecule has 122 valence electrons. The van der Waals surface area contributed by atoms with Crippen LogP contribution < -0.4 is 9.47 Å². The van der Waals surface area contributed by atoms with Crippen molar-refractivity contribution in [2.45, 2.75) is 31.6 Å². The van der Waals surface area contributed by atoms with Gasteiger partial charge in [-0.05, 0) is 30.9 Å². The maximum Gasteiger partial charge on any atom is 0.336 e. The molecule has 0 amide bonds. The van der Waals surface area contributed by atoms with Crippen LogP contribution in [-0.4, -0.2) is 38.9 Å². The van der Waals surface area contributed by atoms with Gasteiger partial charge in [0, 0.05) is 19.8 Å². The van der Waals surface area contributed by atoms with Crippen molar-refractivity contribution in [3.05, 3.63) is 23.3 Å². The van der Waals surface area contributed by atoms with E-state index >= 15 is 0 Å². The van der Waals surface area contributed by atoms with Crippen LogP contribution in [0.5, 0.6) is 11.5 Å². The van der Waals surface area contributed by atoms with Gasteiger partial charge in [-0.15, -0.1) is 0 Å². The Morgan fingerprint density at radius 1 is 1.14 bits per heavy atom. The van der Waals surface area contributed by atoms with E-state index in [-0.39, 0.29) is 25.1 Å². The highest BCUT2D eigenvalue weighted by Crippen LogP contribution is 2.45. The van der Waals surface area contributed by atoms with Gasteiger partial charge in [-0.1, -0.05) is 12.8 Å². The third-order valence-corrected chi connectivity index (χ3v) is 3.81. The number of carbonyl (C=O) groups is 1. The third kappa shape index (κ3) is 3.69. The molecule has 0 spiro atoms. The highest BCUT2D eigenvalue weighted by molar-refractivity contribution is 5.91. The Morgan fingerprint density at radius 3 is 2.36 bits per heavy atom. The second-order valence-corrected chi connectivity index (χ2v) is 5.24. The molecule has 0 aliphatic heterocycles. The van der Waals surface area contributed by atoms with Crippen LogP contribution in [0.4, 0.5) is 0 Å². The molecule has 0 bridgehead atoms. The maximum atomic E-state index is 11.6. The van der Waals surface area contributed by atoms with Crippen molar-refractivity contribution >= 4 is 5.97 Å². The lowest BCUT2D eigenvalue weighted by molar-refractivity contribution is 0.0313. The van der Waals surface area contributed by atoms with E-state index in [0.717, 1.165) is 25.7 Å². The van der Waals surface area contributed by atoms with E-state index in [2.05, 4.69) is 0 Å². The number of carboxylic acid groups (broad SMARTS) is 1. The number of hydrogen-bond acceptors (Lipinski definition) is 5. The summed E-state index contributed by atoms with van der Waals surface area (Å²) in [5.74, 6) is 0.142. The molecule has 0 aromatic heterocycles. The van der Waals surface area contributed by atoms with Gasteiger partial charge in [-0.3, -0.25) is 0 Å². The summed E-state index contributed by atoms with van der Waals surface area (Å²) in [6.07, 6.45) is 4.10. The van der Waals surface area contributed by atoms with E-state index in [1.54, 1.807) is 12.1 Å². The van der Waals surface area contributed by atoms with E-state index in [1.165, 1.54) is 14.2 Å². The fraction of sp³-hybridized carbons (Fsp3) is 0.562. The molecule has 1 aliphatic carbocycles. The number of benzene rings is 1. The molecule has 6 heteroatoms. The van der Waals surface area contributed by atoms with Crippen LogP contribution in [0.15, 0.2) is 12.1 Å². The predicted molar refractivity (Wildman–Crippen MR) is 79.6 cm³/mol. The Kier molecular flexibility index (Phi) is 6.03. The summed E-state index contributed by atoms with van der Waals surface area (Å²) in [7, 11) is 3.05. The van der Waals surface area contributed by atoms with Gasteiger partial charge in [0.05, 0.1) is 5.56 Å². The van der Waals surface area contributed by atoms with Gasteiger partial charge in [0.15, 0.2) is 25.1 Å². The minimum absolute atomic E-state index is 0.0339. The largest absolute Gasteiger partial charge is 0.478 e. The van der Waals surface area contributed by atoms with Gasteiger partial charge in [-0.25, -0.2) is 4.79 Å². The molecule has 0 heterocycles. The van der Waals surface area contributed by atoms with E-state index in [1.807, 2.05) is 0 Å². The van der Waals surface area contributed by atoms with Crippen molar-refractivity contribution in [1.29, 1.82) is 0 Å². The van der Waals surface area contributed by atoms with E-state index in [4.69, 9.17) is 18.9 Å². The molecule has 0 unspecified atom stereocenters. The van der Waals surface area contributed by atoms with Gasteiger partial charge in [0.2, 0.25) is 0 Å². The van der Waals surface area contributed by atoms with E-state index < -0.39 is 5.97 Å². The average Bonchev–Trinajstić information content (AvgIpc) is 3.04. The summed E-state index contributed by atoms with van der Waals surface area (Å²) in [4.78, 5) is 11.6. The molecule has 1 fully saturated rings. The first kappa shape index (κ1) is 16.6. The molecular formula is C16H22O6. The first-order chi connectivity index (χ1) is 10.7. The molecule has 1 saturated carbocycles. The highest BCUT2D eigenvalue weighted by Gasteiger charge is 2.28. The van der Waals surface area contributed by atoms with Crippen molar-refractivity contribution in [2.75, 3.05) is 27.8 Å². The van der Waals surface area contributed by atoms with Crippen molar-refractivity contribution in [2.24, 2.45) is 0 Å². The predicted octanol–water partition coefficient (Wildman–Crippen LogP) is 3.01. The molecular weight excluding hydrogens is 288 g/mol. The second kappa shape index (κ2) is 8.00. The van der Waals surface area contributed by atoms with Crippen molar-refractivity contribution in [3.8, 4) is 11.5 Å². The minimum atomic E-state index is -0.956. The molecule has 22 heavy (non-hydrogen) atoms. The van der Waals surface area contributed by atoms with Gasteiger partial charge >= 0.3 is 5.97 Å². The van der Waals surface area contributed by atoms with Crippen molar-refractivity contribution in [1.82, 2.24) is 0 Å². The summed E-state index contributed by atoms with van der Waals surface area (Å²) in [6.45, 7) is 0.103. The molecule has 6 nitrogen and oxygen atoms in total. The standard InChI is InChI=1S/C16H22O6/c1-19-9-21-13-8-7-12(16(17)18)14(11-5-3-4-6-11)15(13)22-10-20-2/h7-8,11H,3-6,9-10H2,1-2H3,(H,17,18). The zero-order valence-corrected chi connectivity index (χ0v) is 13.0. The fourth-order valence-corrected chi connectivity index (χ4v) is 2.89. The third-order valence-electron chi connectivity index (χ3n) is 3.81. The first-order valence-corrected chi connectivity index (χ1v) is 7.32. The van der Waals surface area contributed by atoms with Gasteiger partial charge in [0.1, 0.15) is 0 Å². The minimum Gasteiger partial charge on any atom is -0.478 e. The highest BCUT2D eigenvalue weighted by atomic mass is 16.7. The average molecular weight is 310 g/mol. The summed E-state index contributed by atoms with van der Waals surface area (Å²) < 4.78 is 21.1. The molecule has 2 rings (SSSR count). The normalized spacial score (nSPS) is 15.0. The van der Waals surface area contributed by atoms with Crippen LogP contribution in [0.25, 0.3) is 0 Å². The van der Waals surface area contributed by atoms with Crippen molar-refractivity contribution in [3.63, 3.8) is 0 Å². The second-order valence-electron chi connectivity index (χ2n) is 5.24. The number of ether oxygens (including phenoxy) is 4. The SMILES string of the molecule is COCOc1ccc(C(=O)O)c(C2CCCC2)c1OCOC. The molecule has 1 aromatic rings. The van der Waals surface area contributed by atoms with Crippen LogP contribution >= 0.6 is 0 Å². The summed E-state index contributed by atoms with van der Waals surface area (Å²) in [6, 6.07) is 3.17. The molecule has 1 aliphatic rings. The Bertz CT molecular complexity index is 508. The van der Waals surface area contributed by atoms with Crippen LogP contribution in [0, 0.1) is 0 Å². The zero-order chi connectivity index (χ0) is 15.9. The lowest BCUT2D eigenvalue weighted by atomic mass is 9.91. The smallest absolute Gasteiger partial charge is 0.336 e. The Hall–Kier alpha value is -1.79. The summed E-state index contributed by atoms with van der Waals surface area (Å²) in [5.41, 5.74) is 0.971. The number of carboxylic acids is 1. The molecule has 1 aromatic carbocycles. The lowest BCUT2D eigenvalue weighted by Crippen LogP contribution is -2.12. The van der Waals surface area contributed by atoms with E-state index in [0.29, 0.717) is 17.1 Å². The summed E-state index contributed by atoms with van der Waals surface area (Å²) >= 11 is 0. The van der Waals surface area contributed by atoms with Crippen LogP contribution in [0.3, 0.4) is 0 Å². The molecule has 1 N–H and O–H groups in total. The number of rotatable bonds is 8. The van der Waals surface area contributed by atoms with Crippen molar-refractivity contribution < 1.29 is 28.8 Å². The number of aromatic carboxylic acids is 1. The monoisotopic (exact) mass is 310 g/mol. The maximum absolute atomic E-state index is 11.6. The number of methoxy groups -OCH3 is 2. The van der Waals surface area contributed by atoms with Crippen LogP contribution in [0.1, 0.15) is 47.5 Å². The Balaban J connectivity index is 2.47. The van der Waals surface area contributed by atoms with Gasteiger partial charge < -0.3 is 24.1 Å². The fourth-order valence-electron chi connectivity index (χ4n) is 2.89. The lowest BCUT2D eigenvalue weighted by Gasteiger charge is -2.21. The van der Waals surface area contributed by atoms with E-state index in [9.17, 15) is 9.90 Å². The van der Waals surface area contributed by atoms with Gasteiger partial charge in [-0.2, -0.15) is 0 Å². The molecule has 0 atom stereocenters. The topological polar surface area (TPSA) is 74.2 Å². The van der Waals surface area contributed by atoms with Gasteiger partial charge in [0.25, 0.3) is 0 Å². The van der Waals surface area contributed by atoms with Crippen LogP contribution in [0.2, 0.25) is 0 Å². The summed E-state index contributed by atoms with van der Waals surface area (Å²) in [5, 5.41) is 9.49. The van der Waals surface area contributed by atoms with Crippen LogP contribution in [-0.2, 0) is 9.47 Å². The molecule has 0 radical (unpaired) electrons. The Morgan fingerprint density at radius 2 is 1.77 bits per heavy atom. The Labute approximate surface area is 129 Å².